The second-order valence-corrected chi connectivity index (χ2v) is 4.75. The van der Waals surface area contributed by atoms with Crippen LogP contribution in [-0.2, 0) is 0 Å². The molecular formula is C7H8ClFN2OS. The lowest BCUT2D eigenvalue weighted by Crippen LogP contribution is -2.61. The molecule has 0 unspecified atom stereocenters. The molecule has 1 aromatic heterocycles. The van der Waals surface area contributed by atoms with E-state index in [9.17, 15) is 4.39 Å². The number of aromatic nitrogens is 1. The van der Waals surface area contributed by atoms with Gasteiger partial charge in [0.1, 0.15) is 4.34 Å². The third-order valence-corrected chi connectivity index (χ3v) is 3.14. The molecule has 0 spiro atoms. The number of alkyl halides is 1. The first-order chi connectivity index (χ1) is 6.13. The highest BCUT2D eigenvalue weighted by atomic mass is 35.5. The van der Waals surface area contributed by atoms with Gasteiger partial charge in [0.15, 0.2) is 10.8 Å². The van der Waals surface area contributed by atoms with E-state index in [1.807, 2.05) is 0 Å². The second-order valence-electron chi connectivity index (χ2n) is 3.11. The average Bonchev–Trinajstić information content (AvgIpc) is 2.46. The first kappa shape index (κ1) is 9.18. The molecule has 0 aliphatic carbocycles. The summed E-state index contributed by atoms with van der Waals surface area (Å²) in [6.07, 6.45) is 1.54. The van der Waals surface area contributed by atoms with Gasteiger partial charge in [-0.3, -0.25) is 0 Å². The summed E-state index contributed by atoms with van der Waals surface area (Å²) in [7, 11) is 0. The third kappa shape index (κ3) is 1.63. The van der Waals surface area contributed by atoms with Crippen LogP contribution in [0.2, 0.25) is 4.34 Å². The quantitative estimate of drug-likeness (QED) is 0.820. The minimum absolute atomic E-state index is 0.202. The van der Waals surface area contributed by atoms with Gasteiger partial charge in [0.25, 0.3) is 0 Å². The zero-order chi connectivity index (χ0) is 9.47. The van der Waals surface area contributed by atoms with Crippen molar-refractivity contribution in [1.82, 2.24) is 4.98 Å². The minimum atomic E-state index is -1.45. The van der Waals surface area contributed by atoms with E-state index in [0.29, 0.717) is 9.47 Å². The summed E-state index contributed by atoms with van der Waals surface area (Å²) in [5, 5.41) is 9.38. The molecule has 0 amide bonds. The predicted molar refractivity (Wildman–Crippen MR) is 50.3 cm³/mol. The Labute approximate surface area is 83.8 Å². The zero-order valence-corrected chi connectivity index (χ0v) is 8.28. The Kier molecular flexibility index (Phi) is 2.17. The molecule has 1 aromatic rings. The number of anilines is 1. The fourth-order valence-electron chi connectivity index (χ4n) is 1.27. The van der Waals surface area contributed by atoms with Crippen molar-refractivity contribution in [2.24, 2.45) is 0 Å². The molecule has 0 radical (unpaired) electrons. The number of nitrogens with zero attached hydrogens (tertiary/aromatic N) is 2. The molecule has 0 bridgehead atoms. The normalized spacial score (nSPS) is 20.1. The number of thiazole rings is 1. The summed E-state index contributed by atoms with van der Waals surface area (Å²) >= 11 is 6.99. The van der Waals surface area contributed by atoms with E-state index in [0.717, 1.165) is 0 Å². The smallest absolute Gasteiger partial charge is 0.186 e. The van der Waals surface area contributed by atoms with Crippen molar-refractivity contribution in [3.05, 3.63) is 10.5 Å². The van der Waals surface area contributed by atoms with Gasteiger partial charge in [0.05, 0.1) is 25.9 Å². The lowest BCUT2D eigenvalue weighted by atomic mass is 9.99. The van der Waals surface area contributed by atoms with E-state index >= 15 is 0 Å². The Morgan fingerprint density at radius 2 is 2.46 bits per heavy atom. The standard InChI is InChI=1S/C7H8ClFN2OS/c8-5-1-10-6(13-5)11-2-7(9,3-11)4-12/h1,12H,2-4H2. The summed E-state index contributed by atoms with van der Waals surface area (Å²) in [5.74, 6) is 0. The van der Waals surface area contributed by atoms with Gasteiger partial charge < -0.3 is 10.0 Å². The number of aliphatic hydroxyl groups excluding tert-OH is 1. The van der Waals surface area contributed by atoms with Crippen molar-refractivity contribution in [1.29, 1.82) is 0 Å². The van der Waals surface area contributed by atoms with Crippen LogP contribution in [-0.4, -0.2) is 35.5 Å². The third-order valence-electron chi connectivity index (χ3n) is 1.97. The molecule has 1 saturated heterocycles. The molecule has 72 valence electrons. The number of aliphatic hydroxyl groups is 1. The maximum atomic E-state index is 13.2. The first-order valence-corrected chi connectivity index (χ1v) is 4.98. The summed E-state index contributed by atoms with van der Waals surface area (Å²) in [6, 6.07) is 0. The second kappa shape index (κ2) is 3.08. The highest BCUT2D eigenvalue weighted by Crippen LogP contribution is 2.34. The lowest BCUT2D eigenvalue weighted by molar-refractivity contribution is 0.0444. The van der Waals surface area contributed by atoms with Gasteiger partial charge in [-0.05, 0) is 0 Å². The fourth-order valence-corrected chi connectivity index (χ4v) is 2.16. The molecule has 3 nitrogen and oxygen atoms in total. The van der Waals surface area contributed by atoms with E-state index in [2.05, 4.69) is 4.98 Å². The van der Waals surface area contributed by atoms with Crippen LogP contribution in [0.25, 0.3) is 0 Å². The Hall–Kier alpha value is -0.390. The van der Waals surface area contributed by atoms with Gasteiger partial charge in [-0.2, -0.15) is 0 Å². The van der Waals surface area contributed by atoms with E-state index in [1.165, 1.54) is 11.3 Å². The van der Waals surface area contributed by atoms with E-state index in [4.69, 9.17) is 16.7 Å². The van der Waals surface area contributed by atoms with Gasteiger partial charge in [-0.15, -0.1) is 0 Å². The molecule has 0 aromatic carbocycles. The minimum Gasteiger partial charge on any atom is -0.393 e. The summed E-state index contributed by atoms with van der Waals surface area (Å²) in [5.41, 5.74) is -1.45. The van der Waals surface area contributed by atoms with Crippen LogP contribution >= 0.6 is 22.9 Å². The highest BCUT2D eigenvalue weighted by Gasteiger charge is 2.44. The number of hydrogen-bond donors (Lipinski definition) is 1. The Morgan fingerprint density at radius 1 is 1.77 bits per heavy atom. The Balaban J connectivity index is 2.01. The Bertz CT molecular complexity index is 313. The number of hydrogen-bond acceptors (Lipinski definition) is 4. The molecule has 2 rings (SSSR count). The van der Waals surface area contributed by atoms with E-state index in [1.54, 1.807) is 11.1 Å². The maximum absolute atomic E-state index is 13.2. The van der Waals surface area contributed by atoms with Gasteiger partial charge >= 0.3 is 0 Å². The Morgan fingerprint density at radius 3 is 2.92 bits per heavy atom. The van der Waals surface area contributed by atoms with Crippen LogP contribution in [0.3, 0.4) is 0 Å². The van der Waals surface area contributed by atoms with Crippen molar-refractivity contribution >= 4 is 28.1 Å². The zero-order valence-electron chi connectivity index (χ0n) is 6.70. The molecule has 2 heterocycles. The largest absolute Gasteiger partial charge is 0.393 e. The summed E-state index contributed by atoms with van der Waals surface area (Å²) < 4.78 is 13.8. The van der Waals surface area contributed by atoms with E-state index < -0.39 is 12.3 Å². The first-order valence-electron chi connectivity index (χ1n) is 3.79. The van der Waals surface area contributed by atoms with Gasteiger partial charge in [0.2, 0.25) is 0 Å². The van der Waals surface area contributed by atoms with Gasteiger partial charge in [0, 0.05) is 0 Å². The van der Waals surface area contributed by atoms with Crippen LogP contribution in [0.4, 0.5) is 9.52 Å². The number of halogens is 2. The summed E-state index contributed by atoms with van der Waals surface area (Å²) in [4.78, 5) is 5.76. The van der Waals surface area contributed by atoms with Crippen molar-refractivity contribution < 1.29 is 9.50 Å². The van der Waals surface area contributed by atoms with Crippen molar-refractivity contribution in [3.8, 4) is 0 Å². The van der Waals surface area contributed by atoms with Crippen molar-refractivity contribution in [2.75, 3.05) is 24.6 Å². The van der Waals surface area contributed by atoms with Crippen LogP contribution < -0.4 is 4.90 Å². The fraction of sp³-hybridized carbons (Fsp3) is 0.571. The number of rotatable bonds is 2. The SMILES string of the molecule is OCC1(F)CN(c2ncc(Cl)s2)C1. The van der Waals surface area contributed by atoms with Gasteiger partial charge in [-0.25, -0.2) is 9.37 Å². The monoisotopic (exact) mass is 222 g/mol. The predicted octanol–water partition coefficient (Wildman–Crippen LogP) is 1.32. The topological polar surface area (TPSA) is 36.4 Å². The molecule has 1 N–H and O–H groups in total. The van der Waals surface area contributed by atoms with Crippen LogP contribution in [0.1, 0.15) is 0 Å². The molecule has 6 heteroatoms. The molecule has 1 aliphatic rings. The molecule has 0 atom stereocenters. The van der Waals surface area contributed by atoms with Crippen molar-refractivity contribution in [2.45, 2.75) is 5.67 Å². The van der Waals surface area contributed by atoms with E-state index in [-0.39, 0.29) is 13.1 Å². The lowest BCUT2D eigenvalue weighted by Gasteiger charge is -2.43. The van der Waals surface area contributed by atoms with Crippen LogP contribution in [0.5, 0.6) is 0 Å². The summed E-state index contributed by atoms with van der Waals surface area (Å²) in [6.45, 7) is -0.0245. The van der Waals surface area contributed by atoms with Gasteiger partial charge in [-0.1, -0.05) is 22.9 Å². The van der Waals surface area contributed by atoms with Crippen molar-refractivity contribution in [3.63, 3.8) is 0 Å². The van der Waals surface area contributed by atoms with Crippen LogP contribution in [0.15, 0.2) is 6.20 Å². The highest BCUT2D eigenvalue weighted by molar-refractivity contribution is 7.19. The van der Waals surface area contributed by atoms with Crippen LogP contribution in [0, 0.1) is 0 Å². The molecular weight excluding hydrogens is 215 g/mol. The maximum Gasteiger partial charge on any atom is 0.186 e. The average molecular weight is 223 g/mol. The molecule has 0 saturated carbocycles. The molecule has 13 heavy (non-hydrogen) atoms. The molecule has 1 aliphatic heterocycles. The molecule has 1 fully saturated rings.